The molecule has 0 N–H and O–H groups in total. The molecule has 0 fully saturated rings. The molecule has 1 rings (SSSR count). The first kappa shape index (κ1) is 19.5. The van der Waals surface area contributed by atoms with Crippen molar-refractivity contribution in [1.82, 2.24) is 4.98 Å². The Labute approximate surface area is 142 Å². The molecule has 0 aliphatic carbocycles. The van der Waals surface area contributed by atoms with Crippen molar-refractivity contribution < 1.29 is 0 Å². The molecule has 128 valence electrons. The highest BCUT2D eigenvalue weighted by Crippen LogP contribution is 2.26. The summed E-state index contributed by atoms with van der Waals surface area (Å²) < 4.78 is 0. The van der Waals surface area contributed by atoms with Crippen molar-refractivity contribution in [2.24, 2.45) is 5.41 Å². The summed E-state index contributed by atoms with van der Waals surface area (Å²) in [5.41, 5.74) is 1.04. The van der Waals surface area contributed by atoms with Gasteiger partial charge in [0.05, 0.1) is 5.56 Å². The van der Waals surface area contributed by atoms with Gasteiger partial charge in [0.15, 0.2) is 0 Å². The molecule has 0 atom stereocenters. The van der Waals surface area contributed by atoms with Gasteiger partial charge < -0.3 is 4.90 Å². The lowest BCUT2D eigenvalue weighted by Crippen LogP contribution is -2.37. The smallest absolute Gasteiger partial charge is 0.146 e. The van der Waals surface area contributed by atoms with E-state index in [2.05, 4.69) is 50.6 Å². The number of pyridine rings is 1. The van der Waals surface area contributed by atoms with E-state index >= 15 is 0 Å². The van der Waals surface area contributed by atoms with Crippen LogP contribution in [0.2, 0.25) is 0 Å². The molecule has 0 amide bonds. The first-order valence-corrected chi connectivity index (χ1v) is 9.04. The van der Waals surface area contributed by atoms with Crippen molar-refractivity contribution in [1.29, 1.82) is 5.26 Å². The zero-order valence-corrected chi connectivity index (χ0v) is 15.6. The molecule has 0 aliphatic rings. The van der Waals surface area contributed by atoms with Gasteiger partial charge in [-0.1, -0.05) is 47.5 Å². The zero-order chi connectivity index (χ0) is 17.3. The lowest BCUT2D eigenvalue weighted by atomic mass is 9.90. The molecule has 0 aliphatic heterocycles. The quantitative estimate of drug-likeness (QED) is 0.599. The molecule has 1 aromatic rings. The summed E-state index contributed by atoms with van der Waals surface area (Å²) in [6, 6.07) is 6.53. The summed E-state index contributed by atoms with van der Waals surface area (Å²) in [6.45, 7) is 12.3. The van der Waals surface area contributed by atoms with Crippen molar-refractivity contribution in [3.8, 4) is 6.07 Å². The van der Waals surface area contributed by atoms with E-state index in [1.165, 1.54) is 6.42 Å². The maximum Gasteiger partial charge on any atom is 0.146 e. The molecule has 0 bridgehead atoms. The number of nitriles is 1. The fourth-order valence-corrected chi connectivity index (χ4v) is 3.08. The van der Waals surface area contributed by atoms with Crippen LogP contribution in [-0.4, -0.2) is 17.6 Å². The average molecular weight is 316 g/mol. The van der Waals surface area contributed by atoms with E-state index in [1.54, 1.807) is 0 Å². The molecule has 0 spiro atoms. The van der Waals surface area contributed by atoms with Crippen LogP contribution < -0.4 is 4.90 Å². The molecule has 1 aromatic heterocycles. The lowest BCUT2D eigenvalue weighted by molar-refractivity contribution is 0.360. The second-order valence-electron chi connectivity index (χ2n) is 7.58. The molecule has 0 unspecified atom stereocenters. The van der Waals surface area contributed by atoms with Crippen LogP contribution in [0.1, 0.15) is 78.7 Å². The monoisotopic (exact) mass is 315 g/mol. The van der Waals surface area contributed by atoms with Crippen molar-refractivity contribution >= 4 is 5.82 Å². The van der Waals surface area contributed by atoms with E-state index in [-0.39, 0.29) is 0 Å². The molecule has 0 saturated carbocycles. The first-order chi connectivity index (χ1) is 10.9. The Morgan fingerprint density at radius 2 is 1.87 bits per heavy atom. The van der Waals surface area contributed by atoms with E-state index in [0.29, 0.717) is 17.0 Å². The van der Waals surface area contributed by atoms with Gasteiger partial charge >= 0.3 is 0 Å². The molecular formula is C20H33N3. The SMILES string of the molecule is CCCC(CCC)N(CCCC(C)(C)C)c1ncccc1C#N. The Balaban J connectivity index is 3.01. The lowest BCUT2D eigenvalue weighted by Gasteiger charge is -2.34. The summed E-state index contributed by atoms with van der Waals surface area (Å²) in [6.07, 6.45) is 8.76. The minimum absolute atomic E-state index is 0.346. The molecule has 23 heavy (non-hydrogen) atoms. The van der Waals surface area contributed by atoms with E-state index in [1.807, 2.05) is 18.3 Å². The summed E-state index contributed by atoms with van der Waals surface area (Å²) in [5, 5.41) is 9.45. The highest BCUT2D eigenvalue weighted by molar-refractivity contribution is 5.54. The molecular weight excluding hydrogens is 282 g/mol. The fraction of sp³-hybridized carbons (Fsp3) is 0.700. The predicted octanol–water partition coefficient (Wildman–Crippen LogP) is 5.55. The van der Waals surface area contributed by atoms with Crippen LogP contribution in [0.15, 0.2) is 18.3 Å². The summed E-state index contributed by atoms with van der Waals surface area (Å²) in [4.78, 5) is 6.95. The molecule has 0 radical (unpaired) electrons. The Morgan fingerprint density at radius 3 is 2.39 bits per heavy atom. The van der Waals surface area contributed by atoms with Gasteiger partial charge in [-0.2, -0.15) is 5.26 Å². The van der Waals surface area contributed by atoms with Gasteiger partial charge in [-0.3, -0.25) is 0 Å². The normalized spacial score (nSPS) is 11.5. The third kappa shape index (κ3) is 6.60. The van der Waals surface area contributed by atoms with E-state index < -0.39 is 0 Å². The Kier molecular flexibility index (Phi) is 8.09. The number of rotatable bonds is 9. The third-order valence-corrected chi connectivity index (χ3v) is 4.19. The van der Waals surface area contributed by atoms with Gasteiger partial charge in [-0.05, 0) is 43.2 Å². The summed E-state index contributed by atoms with van der Waals surface area (Å²) >= 11 is 0. The minimum atomic E-state index is 0.346. The van der Waals surface area contributed by atoms with Gasteiger partial charge in [0.1, 0.15) is 11.9 Å². The van der Waals surface area contributed by atoms with Gasteiger partial charge in [0.2, 0.25) is 0 Å². The summed E-state index contributed by atoms with van der Waals surface area (Å²) in [7, 11) is 0. The zero-order valence-electron chi connectivity index (χ0n) is 15.6. The molecule has 3 heteroatoms. The van der Waals surface area contributed by atoms with Crippen molar-refractivity contribution in [2.75, 3.05) is 11.4 Å². The van der Waals surface area contributed by atoms with E-state index in [0.717, 1.165) is 44.5 Å². The van der Waals surface area contributed by atoms with Crippen LogP contribution in [0.5, 0.6) is 0 Å². The molecule has 0 saturated heterocycles. The van der Waals surface area contributed by atoms with Crippen LogP contribution >= 0.6 is 0 Å². The predicted molar refractivity (Wildman–Crippen MR) is 98.6 cm³/mol. The number of nitrogens with zero attached hydrogens (tertiary/aromatic N) is 3. The first-order valence-electron chi connectivity index (χ1n) is 9.04. The van der Waals surface area contributed by atoms with Crippen molar-refractivity contribution in [3.05, 3.63) is 23.9 Å². The van der Waals surface area contributed by atoms with Crippen molar-refractivity contribution in [2.45, 2.75) is 79.2 Å². The highest BCUT2D eigenvalue weighted by atomic mass is 15.2. The van der Waals surface area contributed by atoms with Crippen LogP contribution in [0.3, 0.4) is 0 Å². The standard InChI is InChI=1S/C20H33N3/c1-6-10-18(11-7-2)23(15-9-13-20(3,4)5)19-17(16-21)12-8-14-22-19/h8,12,14,18H,6-7,9-11,13,15H2,1-5H3. The second kappa shape index (κ2) is 9.55. The van der Waals surface area contributed by atoms with E-state index in [4.69, 9.17) is 0 Å². The number of hydrogen-bond donors (Lipinski definition) is 0. The van der Waals surface area contributed by atoms with E-state index in [9.17, 15) is 5.26 Å². The maximum absolute atomic E-state index is 9.45. The van der Waals surface area contributed by atoms with Crippen LogP contribution in [0, 0.1) is 16.7 Å². The van der Waals surface area contributed by atoms with Crippen molar-refractivity contribution in [3.63, 3.8) is 0 Å². The molecule has 0 aromatic carbocycles. The third-order valence-electron chi connectivity index (χ3n) is 4.19. The van der Waals surface area contributed by atoms with Gasteiger partial charge in [0.25, 0.3) is 0 Å². The topological polar surface area (TPSA) is 39.9 Å². The largest absolute Gasteiger partial charge is 0.353 e. The molecule has 3 nitrogen and oxygen atoms in total. The van der Waals surface area contributed by atoms with Crippen LogP contribution in [0.4, 0.5) is 5.82 Å². The second-order valence-corrected chi connectivity index (χ2v) is 7.58. The van der Waals surface area contributed by atoms with Gasteiger partial charge in [-0.25, -0.2) is 4.98 Å². The number of hydrogen-bond acceptors (Lipinski definition) is 3. The summed E-state index contributed by atoms with van der Waals surface area (Å²) in [5.74, 6) is 0.871. The Hall–Kier alpha value is -1.56. The maximum atomic E-state index is 9.45. The highest BCUT2D eigenvalue weighted by Gasteiger charge is 2.22. The van der Waals surface area contributed by atoms with Gasteiger partial charge in [-0.15, -0.1) is 0 Å². The number of anilines is 1. The minimum Gasteiger partial charge on any atom is -0.353 e. The molecule has 1 heterocycles. The fourth-order valence-electron chi connectivity index (χ4n) is 3.08. The Morgan fingerprint density at radius 1 is 1.22 bits per heavy atom. The number of aromatic nitrogens is 1. The average Bonchev–Trinajstić information content (AvgIpc) is 2.50. The Bertz CT molecular complexity index is 490. The van der Waals surface area contributed by atoms with Gasteiger partial charge in [0, 0.05) is 18.8 Å². The van der Waals surface area contributed by atoms with Crippen LogP contribution in [0.25, 0.3) is 0 Å². The van der Waals surface area contributed by atoms with Crippen LogP contribution in [-0.2, 0) is 0 Å².